The van der Waals surface area contributed by atoms with Crippen LogP contribution >= 0.6 is 0 Å². The minimum absolute atomic E-state index is 0.164. The van der Waals surface area contributed by atoms with E-state index in [-0.39, 0.29) is 5.91 Å². The Morgan fingerprint density at radius 2 is 2.04 bits per heavy atom. The second kappa shape index (κ2) is 7.13. The number of anilines is 1. The highest BCUT2D eigenvalue weighted by molar-refractivity contribution is 6.54. The molecule has 5 nitrogen and oxygen atoms in total. The summed E-state index contributed by atoms with van der Waals surface area (Å²) in [6.07, 6.45) is 1.70. The molecule has 0 saturated carbocycles. The summed E-state index contributed by atoms with van der Waals surface area (Å²) >= 11 is 0. The van der Waals surface area contributed by atoms with E-state index >= 15 is 0 Å². The Hall–Kier alpha value is -3.21. The number of benzene rings is 2. The van der Waals surface area contributed by atoms with Crippen LogP contribution in [0.2, 0.25) is 0 Å². The van der Waals surface area contributed by atoms with Crippen molar-refractivity contribution in [1.29, 1.82) is 0 Å². The largest absolute Gasteiger partial charge is 0.497 e. The van der Waals surface area contributed by atoms with Crippen LogP contribution in [-0.2, 0) is 4.79 Å². The highest BCUT2D eigenvalue weighted by Crippen LogP contribution is 2.29. The topological polar surface area (TPSA) is 54.3 Å². The molecule has 0 unspecified atom stereocenters. The lowest BCUT2D eigenvalue weighted by atomic mass is 10.1. The van der Waals surface area contributed by atoms with Gasteiger partial charge in [0.25, 0.3) is 5.91 Å². The number of rotatable bonds is 5. The summed E-state index contributed by atoms with van der Waals surface area (Å²) in [6, 6.07) is 15.1. The van der Waals surface area contributed by atoms with E-state index in [0.717, 1.165) is 22.6 Å². The Labute approximate surface area is 147 Å². The number of methoxy groups -OCH3 is 1. The maximum absolute atomic E-state index is 12.7. The van der Waals surface area contributed by atoms with Gasteiger partial charge in [0.2, 0.25) is 0 Å². The van der Waals surface area contributed by atoms with Gasteiger partial charge in [-0.25, -0.2) is 0 Å². The van der Waals surface area contributed by atoms with Gasteiger partial charge in [0.15, 0.2) is 5.71 Å². The standard InChI is InChI=1S/C20H19N3O2/c1-4-12-23-18-11-6-5-10-17(18)19(20(23)24)22-21-14(2)15-8-7-9-16(13-15)25-3/h4-11,13H,1,12H2,2-3H3/b21-14-,22-19-. The van der Waals surface area contributed by atoms with Crippen LogP contribution in [0.1, 0.15) is 18.1 Å². The van der Waals surface area contributed by atoms with Crippen LogP contribution in [0.4, 0.5) is 5.69 Å². The number of para-hydroxylation sites is 1. The van der Waals surface area contributed by atoms with E-state index < -0.39 is 0 Å². The number of carbonyl (C=O) groups is 1. The van der Waals surface area contributed by atoms with Crippen molar-refractivity contribution in [3.8, 4) is 5.75 Å². The van der Waals surface area contributed by atoms with Crippen LogP contribution in [0.15, 0.2) is 71.4 Å². The van der Waals surface area contributed by atoms with E-state index in [9.17, 15) is 4.79 Å². The summed E-state index contributed by atoms with van der Waals surface area (Å²) < 4.78 is 5.23. The molecule has 126 valence electrons. The molecule has 1 heterocycles. The zero-order valence-corrected chi connectivity index (χ0v) is 14.3. The molecule has 0 atom stereocenters. The Morgan fingerprint density at radius 1 is 1.24 bits per heavy atom. The number of amides is 1. The molecule has 2 aromatic carbocycles. The Balaban J connectivity index is 1.97. The molecule has 25 heavy (non-hydrogen) atoms. The van der Waals surface area contributed by atoms with Crippen molar-refractivity contribution in [3.05, 3.63) is 72.3 Å². The minimum atomic E-state index is -0.164. The number of hydrogen-bond donors (Lipinski definition) is 0. The van der Waals surface area contributed by atoms with Gasteiger partial charge in [-0.1, -0.05) is 36.4 Å². The summed E-state index contributed by atoms with van der Waals surface area (Å²) in [5, 5.41) is 8.52. The predicted molar refractivity (Wildman–Crippen MR) is 101 cm³/mol. The number of hydrogen-bond acceptors (Lipinski definition) is 4. The summed E-state index contributed by atoms with van der Waals surface area (Å²) in [7, 11) is 1.62. The van der Waals surface area contributed by atoms with Crippen molar-refractivity contribution in [2.45, 2.75) is 6.92 Å². The molecule has 2 aromatic rings. The maximum Gasteiger partial charge on any atom is 0.279 e. The van der Waals surface area contributed by atoms with E-state index in [0.29, 0.717) is 18.0 Å². The lowest BCUT2D eigenvalue weighted by Gasteiger charge is -2.13. The first-order valence-electron chi connectivity index (χ1n) is 7.94. The molecule has 1 aliphatic heterocycles. The quantitative estimate of drug-likeness (QED) is 0.478. The molecule has 0 saturated heterocycles. The second-order valence-electron chi connectivity index (χ2n) is 5.59. The second-order valence-corrected chi connectivity index (χ2v) is 5.59. The molecule has 0 N–H and O–H groups in total. The molecule has 5 heteroatoms. The van der Waals surface area contributed by atoms with Crippen molar-refractivity contribution >= 4 is 23.0 Å². The third-order valence-corrected chi connectivity index (χ3v) is 4.00. The van der Waals surface area contributed by atoms with Gasteiger partial charge >= 0.3 is 0 Å². The van der Waals surface area contributed by atoms with E-state index in [1.54, 1.807) is 18.1 Å². The van der Waals surface area contributed by atoms with Gasteiger partial charge in [0.1, 0.15) is 5.75 Å². The van der Waals surface area contributed by atoms with Gasteiger partial charge in [-0.2, -0.15) is 5.10 Å². The zero-order chi connectivity index (χ0) is 17.8. The molecule has 0 fully saturated rings. The SMILES string of the molecule is C=CCN1C(=O)/C(=N\N=C(\C)c2cccc(OC)c2)c2ccccc21. The van der Waals surface area contributed by atoms with Crippen molar-refractivity contribution in [2.75, 3.05) is 18.6 Å². The fourth-order valence-corrected chi connectivity index (χ4v) is 2.70. The molecule has 0 aromatic heterocycles. The summed E-state index contributed by atoms with van der Waals surface area (Å²) in [5.41, 5.74) is 3.57. The fourth-order valence-electron chi connectivity index (χ4n) is 2.70. The summed E-state index contributed by atoms with van der Waals surface area (Å²) in [4.78, 5) is 14.3. The molecular formula is C20H19N3O2. The van der Waals surface area contributed by atoms with Crippen molar-refractivity contribution in [1.82, 2.24) is 0 Å². The number of carbonyl (C=O) groups excluding carboxylic acids is 1. The van der Waals surface area contributed by atoms with E-state index in [4.69, 9.17) is 4.74 Å². The number of fused-ring (bicyclic) bond motifs is 1. The van der Waals surface area contributed by atoms with Gasteiger partial charge < -0.3 is 9.64 Å². The van der Waals surface area contributed by atoms with Crippen molar-refractivity contribution in [3.63, 3.8) is 0 Å². The van der Waals surface area contributed by atoms with Crippen LogP contribution < -0.4 is 9.64 Å². The first-order valence-corrected chi connectivity index (χ1v) is 7.94. The molecule has 0 bridgehead atoms. The normalized spacial score (nSPS) is 15.4. The number of nitrogens with zero attached hydrogens (tertiary/aromatic N) is 3. The minimum Gasteiger partial charge on any atom is -0.497 e. The average Bonchev–Trinajstić information content (AvgIpc) is 2.92. The van der Waals surface area contributed by atoms with Crippen LogP contribution in [0.25, 0.3) is 0 Å². The van der Waals surface area contributed by atoms with Gasteiger partial charge in [0, 0.05) is 17.7 Å². The molecule has 0 aliphatic carbocycles. The Kier molecular flexibility index (Phi) is 4.75. The average molecular weight is 333 g/mol. The number of ether oxygens (including phenoxy) is 1. The maximum atomic E-state index is 12.7. The monoisotopic (exact) mass is 333 g/mol. The predicted octanol–water partition coefficient (Wildman–Crippen LogP) is 3.44. The summed E-state index contributed by atoms with van der Waals surface area (Å²) in [5.74, 6) is 0.586. The van der Waals surface area contributed by atoms with Crippen LogP contribution in [-0.4, -0.2) is 31.0 Å². The molecule has 0 spiro atoms. The molecule has 1 aliphatic rings. The van der Waals surface area contributed by atoms with Gasteiger partial charge in [-0.05, 0) is 25.1 Å². The van der Waals surface area contributed by atoms with Gasteiger partial charge in [-0.15, -0.1) is 11.7 Å². The first kappa shape index (κ1) is 16.6. The van der Waals surface area contributed by atoms with E-state index in [2.05, 4.69) is 16.8 Å². The highest BCUT2D eigenvalue weighted by atomic mass is 16.5. The first-order chi connectivity index (χ1) is 12.2. The fraction of sp³-hybridized carbons (Fsp3) is 0.150. The zero-order valence-electron chi connectivity index (χ0n) is 14.3. The lowest BCUT2D eigenvalue weighted by molar-refractivity contribution is -0.112. The van der Waals surface area contributed by atoms with Crippen LogP contribution in [0.5, 0.6) is 5.75 Å². The highest BCUT2D eigenvalue weighted by Gasteiger charge is 2.33. The van der Waals surface area contributed by atoms with Crippen LogP contribution in [0, 0.1) is 0 Å². The smallest absolute Gasteiger partial charge is 0.279 e. The van der Waals surface area contributed by atoms with Crippen molar-refractivity contribution in [2.24, 2.45) is 10.2 Å². The Bertz CT molecular complexity index is 884. The van der Waals surface area contributed by atoms with Gasteiger partial charge in [0.05, 0.1) is 18.5 Å². The lowest BCUT2D eigenvalue weighted by Crippen LogP contribution is -2.30. The Morgan fingerprint density at radius 3 is 2.80 bits per heavy atom. The third kappa shape index (κ3) is 3.21. The van der Waals surface area contributed by atoms with E-state index in [1.807, 2.05) is 55.5 Å². The third-order valence-electron chi connectivity index (χ3n) is 4.00. The van der Waals surface area contributed by atoms with Crippen LogP contribution in [0.3, 0.4) is 0 Å². The molecule has 1 amide bonds. The molecular weight excluding hydrogens is 314 g/mol. The molecule has 0 radical (unpaired) electrons. The molecule has 3 rings (SSSR count). The van der Waals surface area contributed by atoms with E-state index in [1.165, 1.54) is 0 Å². The van der Waals surface area contributed by atoms with Gasteiger partial charge in [-0.3, -0.25) is 4.79 Å². The van der Waals surface area contributed by atoms with Crippen molar-refractivity contribution < 1.29 is 9.53 Å². The summed E-state index contributed by atoms with van der Waals surface area (Å²) in [6.45, 7) is 6.00.